The molecule has 0 radical (unpaired) electrons. The van der Waals surface area contributed by atoms with Crippen molar-refractivity contribution in [3.63, 3.8) is 0 Å². The minimum atomic E-state index is -1.10. The standard InChI is InChI=1S/C15H14N2O6S/c1-21-10-4-8(5-11-13(10)23-3-2-22-11)14(18)16-6-12-17-9(7-24-12)15(19)20/h4-5,7H,2-3,6H2,1H3,(H,16,18)(H,19,20). The Morgan fingerprint density at radius 2 is 2.17 bits per heavy atom. The summed E-state index contributed by atoms with van der Waals surface area (Å²) in [5.74, 6) is -0.100. The van der Waals surface area contributed by atoms with Gasteiger partial charge in [0.15, 0.2) is 17.2 Å². The van der Waals surface area contributed by atoms with E-state index in [1.807, 2.05) is 0 Å². The number of carboxylic acids is 1. The van der Waals surface area contributed by atoms with Crippen molar-refractivity contribution in [1.82, 2.24) is 10.3 Å². The maximum absolute atomic E-state index is 12.3. The second kappa shape index (κ2) is 6.75. The number of hydrogen-bond acceptors (Lipinski definition) is 7. The first kappa shape index (κ1) is 16.1. The van der Waals surface area contributed by atoms with Crippen LogP contribution in [0.15, 0.2) is 17.5 Å². The van der Waals surface area contributed by atoms with E-state index in [-0.39, 0.29) is 18.1 Å². The van der Waals surface area contributed by atoms with Crippen molar-refractivity contribution in [2.45, 2.75) is 6.54 Å². The van der Waals surface area contributed by atoms with Crippen LogP contribution in [0.3, 0.4) is 0 Å². The van der Waals surface area contributed by atoms with Gasteiger partial charge in [0.2, 0.25) is 5.75 Å². The second-order valence-corrected chi connectivity index (χ2v) is 5.76. The van der Waals surface area contributed by atoms with Gasteiger partial charge in [-0.2, -0.15) is 0 Å². The molecular weight excluding hydrogens is 336 g/mol. The van der Waals surface area contributed by atoms with E-state index >= 15 is 0 Å². The molecule has 9 heteroatoms. The van der Waals surface area contributed by atoms with Crippen LogP contribution in [-0.2, 0) is 6.54 Å². The number of fused-ring (bicyclic) bond motifs is 1. The zero-order valence-electron chi connectivity index (χ0n) is 12.7. The van der Waals surface area contributed by atoms with Crippen molar-refractivity contribution in [2.24, 2.45) is 0 Å². The van der Waals surface area contributed by atoms with Crippen LogP contribution in [-0.4, -0.2) is 42.3 Å². The van der Waals surface area contributed by atoms with Crippen LogP contribution in [0.5, 0.6) is 17.2 Å². The lowest BCUT2D eigenvalue weighted by Crippen LogP contribution is -2.23. The molecule has 8 nitrogen and oxygen atoms in total. The summed E-state index contributed by atoms with van der Waals surface area (Å²) >= 11 is 1.17. The lowest BCUT2D eigenvalue weighted by Gasteiger charge is -2.21. The molecule has 0 saturated heterocycles. The van der Waals surface area contributed by atoms with Crippen molar-refractivity contribution < 1.29 is 28.9 Å². The fraction of sp³-hybridized carbons (Fsp3) is 0.267. The van der Waals surface area contributed by atoms with Gasteiger partial charge in [0.05, 0.1) is 13.7 Å². The average Bonchev–Trinajstić information content (AvgIpc) is 3.08. The molecule has 0 fully saturated rings. The van der Waals surface area contributed by atoms with Crippen molar-refractivity contribution in [3.8, 4) is 17.2 Å². The summed E-state index contributed by atoms with van der Waals surface area (Å²) in [6, 6.07) is 3.14. The minimum absolute atomic E-state index is 0.0368. The van der Waals surface area contributed by atoms with Gasteiger partial charge in [-0.15, -0.1) is 11.3 Å². The number of nitrogens with one attached hydrogen (secondary N) is 1. The fourth-order valence-corrected chi connectivity index (χ4v) is 2.86. The normalized spacial score (nSPS) is 12.5. The average molecular weight is 350 g/mol. The zero-order valence-corrected chi connectivity index (χ0v) is 13.5. The van der Waals surface area contributed by atoms with Gasteiger partial charge >= 0.3 is 5.97 Å². The number of hydrogen-bond donors (Lipinski definition) is 2. The van der Waals surface area contributed by atoms with Gasteiger partial charge in [0.25, 0.3) is 5.91 Å². The molecule has 0 atom stereocenters. The molecule has 0 spiro atoms. The van der Waals surface area contributed by atoms with Gasteiger partial charge in [-0.05, 0) is 12.1 Å². The largest absolute Gasteiger partial charge is 0.493 e. The Bertz CT molecular complexity index is 771. The topological polar surface area (TPSA) is 107 Å². The zero-order chi connectivity index (χ0) is 17.1. The predicted molar refractivity (Wildman–Crippen MR) is 84.2 cm³/mol. The van der Waals surface area contributed by atoms with Gasteiger partial charge in [-0.25, -0.2) is 9.78 Å². The number of aromatic nitrogens is 1. The number of ether oxygens (including phenoxy) is 3. The smallest absolute Gasteiger partial charge is 0.355 e. The number of aromatic carboxylic acids is 1. The summed E-state index contributed by atoms with van der Waals surface area (Å²) < 4.78 is 16.2. The van der Waals surface area contributed by atoms with Crippen LogP contribution >= 0.6 is 11.3 Å². The molecule has 2 aromatic rings. The Hall–Kier alpha value is -2.81. The quantitative estimate of drug-likeness (QED) is 0.842. The number of amides is 1. The highest BCUT2D eigenvalue weighted by atomic mass is 32.1. The molecule has 2 heterocycles. The monoisotopic (exact) mass is 350 g/mol. The van der Waals surface area contributed by atoms with Crippen molar-refractivity contribution >= 4 is 23.2 Å². The molecule has 2 N–H and O–H groups in total. The van der Waals surface area contributed by atoms with E-state index in [9.17, 15) is 9.59 Å². The van der Waals surface area contributed by atoms with Crippen molar-refractivity contribution in [3.05, 3.63) is 33.8 Å². The lowest BCUT2D eigenvalue weighted by molar-refractivity contribution is 0.0691. The number of benzene rings is 1. The van der Waals surface area contributed by atoms with Crippen LogP contribution < -0.4 is 19.5 Å². The molecule has 24 heavy (non-hydrogen) atoms. The van der Waals surface area contributed by atoms with Gasteiger partial charge in [0.1, 0.15) is 18.2 Å². The Morgan fingerprint density at radius 3 is 2.88 bits per heavy atom. The highest BCUT2D eigenvalue weighted by Crippen LogP contribution is 2.40. The maximum atomic E-state index is 12.3. The highest BCUT2D eigenvalue weighted by molar-refractivity contribution is 7.09. The number of carbonyl (C=O) groups is 2. The third-order valence-corrected chi connectivity index (χ3v) is 4.11. The van der Waals surface area contributed by atoms with E-state index in [0.29, 0.717) is 41.0 Å². The molecule has 1 amide bonds. The second-order valence-electron chi connectivity index (χ2n) is 4.82. The summed E-state index contributed by atoms with van der Waals surface area (Å²) in [5.41, 5.74) is 0.316. The summed E-state index contributed by atoms with van der Waals surface area (Å²) in [5, 5.41) is 13.5. The van der Waals surface area contributed by atoms with E-state index in [2.05, 4.69) is 10.3 Å². The van der Waals surface area contributed by atoms with Gasteiger partial charge in [-0.3, -0.25) is 4.79 Å². The summed E-state index contributed by atoms with van der Waals surface area (Å²) in [6.45, 7) is 0.955. The number of carboxylic acid groups (broad SMARTS) is 1. The SMILES string of the molecule is COc1cc(C(=O)NCc2nc(C(=O)O)cs2)cc2c1OCCO2. The first-order chi connectivity index (χ1) is 11.6. The third kappa shape index (κ3) is 3.25. The number of nitrogens with zero attached hydrogens (tertiary/aromatic N) is 1. The van der Waals surface area contributed by atoms with Crippen LogP contribution in [0.25, 0.3) is 0 Å². The molecule has 0 saturated carbocycles. The summed E-state index contributed by atoms with van der Waals surface area (Å²) in [4.78, 5) is 27.0. The molecule has 3 rings (SSSR count). The highest BCUT2D eigenvalue weighted by Gasteiger charge is 2.21. The lowest BCUT2D eigenvalue weighted by atomic mass is 10.1. The number of thiazole rings is 1. The minimum Gasteiger partial charge on any atom is -0.493 e. The molecule has 1 aliphatic heterocycles. The van der Waals surface area contributed by atoms with Crippen LogP contribution in [0.4, 0.5) is 0 Å². The predicted octanol–water partition coefficient (Wildman–Crippen LogP) is 1.55. The maximum Gasteiger partial charge on any atom is 0.355 e. The van der Waals surface area contributed by atoms with E-state index < -0.39 is 5.97 Å². The molecule has 0 bridgehead atoms. The number of methoxy groups -OCH3 is 1. The van der Waals surface area contributed by atoms with Crippen LogP contribution in [0.1, 0.15) is 25.9 Å². The third-order valence-electron chi connectivity index (χ3n) is 3.26. The molecular formula is C15H14N2O6S. The Labute approximate surface area is 141 Å². The molecule has 1 aromatic carbocycles. The Kier molecular flexibility index (Phi) is 4.52. The van der Waals surface area contributed by atoms with E-state index in [0.717, 1.165) is 0 Å². The van der Waals surface area contributed by atoms with Crippen molar-refractivity contribution in [1.29, 1.82) is 0 Å². The van der Waals surface area contributed by atoms with Gasteiger partial charge in [0, 0.05) is 10.9 Å². The number of carbonyl (C=O) groups excluding carboxylic acids is 1. The molecule has 1 aliphatic rings. The Balaban J connectivity index is 1.73. The molecule has 1 aromatic heterocycles. The molecule has 0 unspecified atom stereocenters. The van der Waals surface area contributed by atoms with Gasteiger partial charge in [-0.1, -0.05) is 0 Å². The first-order valence-electron chi connectivity index (χ1n) is 7.02. The van der Waals surface area contributed by atoms with Crippen LogP contribution in [0.2, 0.25) is 0 Å². The molecule has 0 aliphatic carbocycles. The molecule has 126 valence electrons. The van der Waals surface area contributed by atoms with E-state index in [4.69, 9.17) is 19.3 Å². The fourth-order valence-electron chi connectivity index (χ4n) is 2.15. The van der Waals surface area contributed by atoms with E-state index in [1.165, 1.54) is 23.8 Å². The van der Waals surface area contributed by atoms with Crippen molar-refractivity contribution in [2.75, 3.05) is 20.3 Å². The summed E-state index contributed by atoms with van der Waals surface area (Å²) in [6.07, 6.45) is 0. The first-order valence-corrected chi connectivity index (χ1v) is 7.90. The Morgan fingerprint density at radius 1 is 1.38 bits per heavy atom. The number of rotatable bonds is 5. The summed E-state index contributed by atoms with van der Waals surface area (Å²) in [7, 11) is 1.48. The van der Waals surface area contributed by atoms with E-state index in [1.54, 1.807) is 12.1 Å². The van der Waals surface area contributed by atoms with Gasteiger partial charge < -0.3 is 24.6 Å². The van der Waals surface area contributed by atoms with Crippen LogP contribution in [0, 0.1) is 0 Å².